The standard InChI is InChI=1S/C34H42N8O3/c1-39-14-16-40(17-15-39)26-8-6-25(7-9-26)36-34(43)35-24-4-2-23(3-5-24)33-37-31(41-19-27-10-11-28(20-41)44-27)18-32(38-33)42-21-29-12-13-30(22-42)45-29/h2-9,18,27-30H,10-17,19-22H2,1H3,(H2,35,36,43)/t27-,28+,29?,30?. The van der Waals surface area contributed by atoms with Crippen molar-refractivity contribution in [1.82, 2.24) is 14.9 Å². The molecule has 5 saturated heterocycles. The molecule has 2 aromatic carbocycles. The average Bonchev–Trinajstić information content (AvgIpc) is 3.59. The van der Waals surface area contributed by atoms with Crippen molar-refractivity contribution in [2.45, 2.75) is 50.1 Å². The fraction of sp³-hybridized carbons (Fsp3) is 0.500. The Morgan fingerprint density at radius 3 is 1.62 bits per heavy atom. The van der Waals surface area contributed by atoms with Gasteiger partial charge in [0.05, 0.1) is 24.4 Å². The number of anilines is 5. The number of likely N-dealkylation sites (N-methyl/N-ethyl adjacent to an activating group) is 1. The zero-order valence-corrected chi connectivity index (χ0v) is 25.9. The molecule has 8 rings (SSSR count). The predicted molar refractivity (Wildman–Crippen MR) is 176 cm³/mol. The van der Waals surface area contributed by atoms with Crippen LogP contribution >= 0.6 is 0 Å². The molecular weight excluding hydrogens is 568 g/mol. The van der Waals surface area contributed by atoms with Crippen LogP contribution in [0.5, 0.6) is 0 Å². The third kappa shape index (κ3) is 6.29. The molecule has 4 atom stereocenters. The van der Waals surface area contributed by atoms with Crippen molar-refractivity contribution in [3.63, 3.8) is 0 Å². The zero-order chi connectivity index (χ0) is 30.3. The van der Waals surface area contributed by atoms with E-state index < -0.39 is 0 Å². The topological polar surface area (TPSA) is 98.3 Å². The van der Waals surface area contributed by atoms with E-state index in [1.54, 1.807) is 0 Å². The highest BCUT2D eigenvalue weighted by Crippen LogP contribution is 2.34. The maximum absolute atomic E-state index is 12.8. The minimum atomic E-state index is -0.278. The Bertz CT molecular complexity index is 1440. The minimum absolute atomic E-state index is 0.274. The molecule has 236 valence electrons. The van der Waals surface area contributed by atoms with Gasteiger partial charge in [-0.1, -0.05) is 0 Å². The van der Waals surface area contributed by atoms with E-state index >= 15 is 0 Å². The number of hydrogen-bond acceptors (Lipinski definition) is 9. The molecule has 2 amide bonds. The molecule has 2 unspecified atom stereocenters. The summed E-state index contributed by atoms with van der Waals surface area (Å²) < 4.78 is 12.2. The molecule has 11 heteroatoms. The lowest BCUT2D eigenvalue weighted by atomic mass is 10.2. The monoisotopic (exact) mass is 610 g/mol. The first-order chi connectivity index (χ1) is 22.0. The Hall–Kier alpha value is -3.93. The van der Waals surface area contributed by atoms with Crippen LogP contribution in [0.1, 0.15) is 25.7 Å². The molecule has 5 aliphatic rings. The maximum atomic E-state index is 12.8. The van der Waals surface area contributed by atoms with Crippen LogP contribution in [-0.2, 0) is 9.47 Å². The molecule has 0 spiro atoms. The number of rotatable bonds is 6. The zero-order valence-electron chi connectivity index (χ0n) is 25.9. The van der Waals surface area contributed by atoms with Gasteiger partial charge in [0, 0.05) is 81.1 Å². The van der Waals surface area contributed by atoms with Gasteiger partial charge in [-0.3, -0.25) is 0 Å². The summed E-state index contributed by atoms with van der Waals surface area (Å²) in [6.07, 6.45) is 5.55. The largest absolute Gasteiger partial charge is 0.371 e. The van der Waals surface area contributed by atoms with Crippen molar-refractivity contribution in [2.75, 3.05) is 84.7 Å². The highest BCUT2D eigenvalue weighted by molar-refractivity contribution is 6.00. The Kier molecular flexibility index (Phi) is 7.68. The minimum Gasteiger partial charge on any atom is -0.371 e. The lowest BCUT2D eigenvalue weighted by Crippen LogP contribution is -2.44. The van der Waals surface area contributed by atoms with Gasteiger partial charge < -0.3 is 39.7 Å². The number of nitrogens with zero attached hydrogens (tertiary/aromatic N) is 6. The Balaban J connectivity index is 0.960. The first-order valence-corrected chi connectivity index (χ1v) is 16.4. The number of ether oxygens (including phenoxy) is 2. The van der Waals surface area contributed by atoms with Crippen LogP contribution in [0.2, 0.25) is 0 Å². The quantitative estimate of drug-likeness (QED) is 0.424. The van der Waals surface area contributed by atoms with E-state index in [0.29, 0.717) is 11.5 Å². The van der Waals surface area contributed by atoms with Crippen molar-refractivity contribution < 1.29 is 14.3 Å². The van der Waals surface area contributed by atoms with E-state index in [9.17, 15) is 4.79 Å². The van der Waals surface area contributed by atoms with Crippen LogP contribution in [0.15, 0.2) is 54.6 Å². The SMILES string of the molecule is CN1CCN(c2ccc(NC(=O)Nc3ccc(-c4nc(N5CC6CCC(C5)O6)cc(N5C[C@H]6CC[C@@H](C5)O6)n4)cc3)cc2)CC1. The third-order valence-electron chi connectivity index (χ3n) is 9.83. The Morgan fingerprint density at radius 1 is 0.667 bits per heavy atom. The van der Waals surface area contributed by atoms with Crippen LogP contribution in [0, 0.1) is 0 Å². The molecular formula is C34H42N8O3. The molecule has 2 N–H and O–H groups in total. The number of morpholine rings is 2. The van der Waals surface area contributed by atoms with Gasteiger partial charge in [0.15, 0.2) is 5.82 Å². The van der Waals surface area contributed by atoms with Crippen molar-refractivity contribution in [3.05, 3.63) is 54.6 Å². The molecule has 3 aromatic rings. The second-order valence-corrected chi connectivity index (χ2v) is 13.1. The van der Waals surface area contributed by atoms with Crippen molar-refractivity contribution in [1.29, 1.82) is 0 Å². The van der Waals surface area contributed by atoms with Gasteiger partial charge in [0.2, 0.25) is 0 Å². The summed E-state index contributed by atoms with van der Waals surface area (Å²) in [5.74, 6) is 2.60. The number of hydrogen-bond donors (Lipinski definition) is 2. The highest BCUT2D eigenvalue weighted by atomic mass is 16.5. The van der Waals surface area contributed by atoms with E-state index in [1.165, 1.54) is 5.69 Å². The van der Waals surface area contributed by atoms with E-state index in [-0.39, 0.29) is 30.4 Å². The second kappa shape index (κ2) is 12.1. The van der Waals surface area contributed by atoms with Crippen molar-refractivity contribution in [2.24, 2.45) is 0 Å². The number of carbonyl (C=O) groups excluding carboxylic acids is 1. The van der Waals surface area contributed by atoms with Gasteiger partial charge >= 0.3 is 6.03 Å². The fourth-order valence-electron chi connectivity index (χ4n) is 7.30. The lowest BCUT2D eigenvalue weighted by molar-refractivity contribution is 0.0299. The van der Waals surface area contributed by atoms with Crippen LogP contribution in [-0.4, -0.2) is 105 Å². The van der Waals surface area contributed by atoms with Gasteiger partial charge in [0.25, 0.3) is 0 Å². The number of amides is 2. The van der Waals surface area contributed by atoms with Gasteiger partial charge in [-0.05, 0) is 81.3 Å². The van der Waals surface area contributed by atoms with Gasteiger partial charge in [-0.25, -0.2) is 14.8 Å². The van der Waals surface area contributed by atoms with E-state index in [0.717, 1.165) is 101 Å². The summed E-state index contributed by atoms with van der Waals surface area (Å²) in [5, 5.41) is 5.91. The first kappa shape index (κ1) is 28.5. The average molecular weight is 611 g/mol. The highest BCUT2D eigenvalue weighted by Gasteiger charge is 2.37. The molecule has 1 aromatic heterocycles. The van der Waals surface area contributed by atoms with Crippen LogP contribution in [0.4, 0.5) is 33.5 Å². The van der Waals surface area contributed by atoms with E-state index in [2.05, 4.69) is 55.5 Å². The number of piperazine rings is 1. The number of carbonyl (C=O) groups is 1. The number of aromatic nitrogens is 2. The summed E-state index contributed by atoms with van der Waals surface area (Å²) in [7, 11) is 2.15. The van der Waals surface area contributed by atoms with E-state index in [4.69, 9.17) is 19.4 Å². The summed E-state index contributed by atoms with van der Waals surface area (Å²) in [6.45, 7) is 7.58. The number of fused-ring (bicyclic) bond motifs is 4. The molecule has 45 heavy (non-hydrogen) atoms. The lowest BCUT2D eigenvalue weighted by Gasteiger charge is -2.35. The maximum Gasteiger partial charge on any atom is 0.323 e. The summed E-state index contributed by atoms with van der Waals surface area (Å²) in [5.41, 5.74) is 3.56. The Morgan fingerprint density at radius 2 is 1.13 bits per heavy atom. The van der Waals surface area contributed by atoms with Gasteiger partial charge in [-0.2, -0.15) is 0 Å². The number of urea groups is 1. The number of benzene rings is 2. The van der Waals surface area contributed by atoms with Crippen LogP contribution in [0.3, 0.4) is 0 Å². The number of nitrogens with one attached hydrogen (secondary N) is 2. The van der Waals surface area contributed by atoms with Crippen molar-refractivity contribution >= 4 is 34.7 Å². The molecule has 0 aliphatic carbocycles. The smallest absolute Gasteiger partial charge is 0.323 e. The molecule has 11 nitrogen and oxygen atoms in total. The molecule has 4 bridgehead atoms. The molecule has 5 fully saturated rings. The van der Waals surface area contributed by atoms with Gasteiger partial charge in [-0.15, -0.1) is 0 Å². The predicted octanol–water partition coefficient (Wildman–Crippen LogP) is 4.27. The first-order valence-electron chi connectivity index (χ1n) is 16.4. The molecule has 5 aliphatic heterocycles. The molecule has 0 radical (unpaired) electrons. The third-order valence-corrected chi connectivity index (χ3v) is 9.83. The van der Waals surface area contributed by atoms with Gasteiger partial charge in [0.1, 0.15) is 11.6 Å². The summed E-state index contributed by atoms with van der Waals surface area (Å²) in [6, 6.07) is 17.7. The summed E-state index contributed by atoms with van der Waals surface area (Å²) >= 11 is 0. The molecule has 0 saturated carbocycles. The second-order valence-electron chi connectivity index (χ2n) is 13.1. The normalized spacial score (nSPS) is 26.3. The van der Waals surface area contributed by atoms with E-state index in [1.807, 2.05) is 36.4 Å². The summed E-state index contributed by atoms with van der Waals surface area (Å²) in [4.78, 5) is 32.4. The van der Waals surface area contributed by atoms with Crippen LogP contribution < -0.4 is 25.3 Å². The fourth-order valence-corrected chi connectivity index (χ4v) is 7.30. The molecule has 6 heterocycles. The Labute approximate surface area is 264 Å². The van der Waals surface area contributed by atoms with Crippen LogP contribution in [0.25, 0.3) is 11.4 Å². The van der Waals surface area contributed by atoms with Crippen molar-refractivity contribution in [3.8, 4) is 11.4 Å².